The van der Waals surface area contributed by atoms with Crippen LogP contribution in [0.15, 0.2) is 65.0 Å². The van der Waals surface area contributed by atoms with E-state index in [1.54, 1.807) is 29.9 Å². The van der Waals surface area contributed by atoms with Gasteiger partial charge >= 0.3 is 0 Å². The minimum Gasteiger partial charge on any atom is -0.351 e. The van der Waals surface area contributed by atoms with Gasteiger partial charge in [0.25, 0.3) is 11.5 Å². The highest BCUT2D eigenvalue weighted by Crippen LogP contribution is 2.23. The number of carbonyl (C=O) groups is 1. The lowest BCUT2D eigenvalue weighted by Gasteiger charge is -2.05. The van der Waals surface area contributed by atoms with Gasteiger partial charge < -0.3 is 10.3 Å². The van der Waals surface area contributed by atoms with Crippen LogP contribution in [0.4, 0.5) is 0 Å². The summed E-state index contributed by atoms with van der Waals surface area (Å²) in [5.74, 6) is 0.205. The Morgan fingerprint density at radius 1 is 1.11 bits per heavy atom. The molecular weight excluding hydrogens is 360 g/mol. The Bertz CT molecular complexity index is 1140. The highest BCUT2D eigenvalue weighted by molar-refractivity contribution is 7.13. The highest BCUT2D eigenvalue weighted by Gasteiger charge is 2.17. The second-order valence-electron chi connectivity index (χ2n) is 5.97. The predicted octanol–water partition coefficient (Wildman–Crippen LogP) is 3.02. The van der Waals surface area contributed by atoms with E-state index >= 15 is 0 Å². The molecule has 0 atom stereocenters. The van der Waals surface area contributed by atoms with Crippen molar-refractivity contribution in [1.82, 2.24) is 20.3 Å². The summed E-state index contributed by atoms with van der Waals surface area (Å²) in [6.07, 6.45) is 4.00. The first-order valence-corrected chi connectivity index (χ1v) is 9.34. The summed E-state index contributed by atoms with van der Waals surface area (Å²) in [5, 5.41) is 5.01. The molecule has 0 bridgehead atoms. The lowest BCUT2D eigenvalue weighted by atomic mass is 10.1. The summed E-state index contributed by atoms with van der Waals surface area (Å²) in [6.45, 7) is 0.517. The van der Waals surface area contributed by atoms with Crippen molar-refractivity contribution in [1.29, 1.82) is 0 Å². The van der Waals surface area contributed by atoms with Crippen molar-refractivity contribution in [3.8, 4) is 11.4 Å². The molecular formula is C20H16N4O2S. The van der Waals surface area contributed by atoms with Crippen LogP contribution in [0, 0.1) is 0 Å². The van der Waals surface area contributed by atoms with Crippen molar-refractivity contribution in [2.45, 2.75) is 6.42 Å². The van der Waals surface area contributed by atoms with Crippen LogP contribution in [0.5, 0.6) is 0 Å². The molecule has 3 heterocycles. The topological polar surface area (TPSA) is 87.7 Å². The van der Waals surface area contributed by atoms with E-state index < -0.39 is 0 Å². The maximum absolute atomic E-state index is 12.6. The maximum atomic E-state index is 12.6. The van der Waals surface area contributed by atoms with Gasteiger partial charge in [-0.15, -0.1) is 11.3 Å². The van der Waals surface area contributed by atoms with Crippen LogP contribution in [-0.2, 0) is 6.42 Å². The van der Waals surface area contributed by atoms with Gasteiger partial charge in [-0.05, 0) is 24.1 Å². The van der Waals surface area contributed by atoms with E-state index in [0.29, 0.717) is 28.1 Å². The average molecular weight is 376 g/mol. The highest BCUT2D eigenvalue weighted by atomic mass is 32.1. The first kappa shape index (κ1) is 17.1. The second-order valence-corrected chi connectivity index (χ2v) is 6.85. The van der Waals surface area contributed by atoms with Crippen molar-refractivity contribution >= 4 is 28.1 Å². The van der Waals surface area contributed by atoms with E-state index in [4.69, 9.17) is 0 Å². The smallest absolute Gasteiger partial charge is 0.263 e. The number of H-pyrrole nitrogens is 1. The first-order chi connectivity index (χ1) is 13.2. The number of aromatic amines is 1. The Morgan fingerprint density at radius 3 is 2.67 bits per heavy atom. The molecule has 6 nitrogen and oxygen atoms in total. The van der Waals surface area contributed by atoms with Crippen LogP contribution in [0.25, 0.3) is 22.3 Å². The molecule has 0 saturated heterocycles. The number of benzene rings is 1. The van der Waals surface area contributed by atoms with E-state index in [9.17, 15) is 9.59 Å². The summed E-state index contributed by atoms with van der Waals surface area (Å²) in [7, 11) is 0. The summed E-state index contributed by atoms with van der Waals surface area (Å²) in [6, 6.07) is 13.5. The van der Waals surface area contributed by atoms with Gasteiger partial charge in [0.1, 0.15) is 16.2 Å². The van der Waals surface area contributed by atoms with Gasteiger partial charge in [0.2, 0.25) is 0 Å². The molecule has 0 aliphatic heterocycles. The van der Waals surface area contributed by atoms with Crippen molar-refractivity contribution in [2.24, 2.45) is 0 Å². The van der Waals surface area contributed by atoms with Crippen molar-refractivity contribution in [3.05, 3.63) is 81.0 Å². The minimum atomic E-state index is -0.258. The van der Waals surface area contributed by atoms with Gasteiger partial charge in [-0.25, -0.2) is 4.98 Å². The maximum Gasteiger partial charge on any atom is 0.263 e. The lowest BCUT2D eigenvalue weighted by molar-refractivity contribution is 0.0959. The van der Waals surface area contributed by atoms with Crippen LogP contribution in [0.3, 0.4) is 0 Å². The average Bonchev–Trinajstić information content (AvgIpc) is 3.14. The van der Waals surface area contributed by atoms with Gasteiger partial charge in [0, 0.05) is 29.9 Å². The lowest BCUT2D eigenvalue weighted by Crippen LogP contribution is -2.25. The summed E-state index contributed by atoms with van der Waals surface area (Å²) in [5.41, 5.74) is 2.06. The van der Waals surface area contributed by atoms with E-state index in [-0.39, 0.29) is 11.5 Å². The van der Waals surface area contributed by atoms with Crippen LogP contribution in [0.1, 0.15) is 15.2 Å². The molecule has 1 amide bonds. The molecule has 3 aromatic heterocycles. The zero-order valence-electron chi connectivity index (χ0n) is 14.3. The fraction of sp³-hybridized carbons (Fsp3) is 0.100. The number of rotatable bonds is 5. The predicted molar refractivity (Wildman–Crippen MR) is 106 cm³/mol. The van der Waals surface area contributed by atoms with Crippen LogP contribution in [0.2, 0.25) is 0 Å². The van der Waals surface area contributed by atoms with Crippen molar-refractivity contribution in [3.63, 3.8) is 0 Å². The van der Waals surface area contributed by atoms with Gasteiger partial charge in [0.05, 0.1) is 5.39 Å². The number of hydrogen-bond acceptors (Lipinski definition) is 5. The van der Waals surface area contributed by atoms with E-state index in [0.717, 1.165) is 17.5 Å². The Kier molecular flexibility index (Phi) is 4.76. The first-order valence-electron chi connectivity index (χ1n) is 8.46. The number of amides is 1. The second kappa shape index (κ2) is 7.51. The number of thiophene rings is 1. The third-order valence-electron chi connectivity index (χ3n) is 4.17. The molecule has 0 radical (unpaired) electrons. The Balaban J connectivity index is 1.59. The van der Waals surface area contributed by atoms with Gasteiger partial charge in [-0.3, -0.25) is 14.6 Å². The molecule has 4 rings (SSSR count). The van der Waals surface area contributed by atoms with E-state index in [1.165, 1.54) is 11.3 Å². The van der Waals surface area contributed by atoms with Gasteiger partial charge in [-0.1, -0.05) is 30.3 Å². The Hall–Kier alpha value is -3.32. The number of carbonyl (C=O) groups excluding carboxylic acids is 1. The number of aromatic nitrogens is 3. The molecule has 134 valence electrons. The largest absolute Gasteiger partial charge is 0.351 e. The molecule has 0 fully saturated rings. The molecule has 2 N–H and O–H groups in total. The summed E-state index contributed by atoms with van der Waals surface area (Å²) in [4.78, 5) is 36.7. The fourth-order valence-corrected chi connectivity index (χ4v) is 3.69. The molecule has 1 aromatic carbocycles. The molecule has 7 heteroatoms. The van der Waals surface area contributed by atoms with Crippen LogP contribution < -0.4 is 10.9 Å². The molecule has 0 spiro atoms. The molecule has 0 aliphatic carbocycles. The minimum absolute atomic E-state index is 0.218. The van der Waals surface area contributed by atoms with Gasteiger partial charge in [0.15, 0.2) is 0 Å². The standard InChI is InChI=1S/C20H16N4O2S/c25-19-15-12-27-17(20(26)22-11-6-13-4-2-1-3-5-13)16(15)23-18(24-19)14-7-9-21-10-8-14/h1-5,7-10,12H,6,11H2,(H,22,26)(H,23,24,25). The van der Waals surface area contributed by atoms with Crippen LogP contribution >= 0.6 is 11.3 Å². The molecule has 0 unspecified atom stereocenters. The number of pyridine rings is 1. The van der Waals surface area contributed by atoms with Crippen LogP contribution in [-0.4, -0.2) is 27.4 Å². The quantitative estimate of drug-likeness (QED) is 0.560. The zero-order valence-corrected chi connectivity index (χ0v) is 15.1. The molecule has 0 aliphatic rings. The monoisotopic (exact) mass is 376 g/mol. The summed E-state index contributed by atoms with van der Waals surface area (Å²) < 4.78 is 0. The zero-order chi connectivity index (χ0) is 18.6. The van der Waals surface area contributed by atoms with E-state index in [2.05, 4.69) is 20.3 Å². The van der Waals surface area contributed by atoms with Crippen molar-refractivity contribution < 1.29 is 4.79 Å². The Morgan fingerprint density at radius 2 is 1.89 bits per heavy atom. The SMILES string of the molecule is O=C(NCCc1ccccc1)c1scc2c(=O)[nH]c(-c3ccncc3)nc12. The van der Waals surface area contributed by atoms with E-state index in [1.807, 2.05) is 30.3 Å². The Labute approximate surface area is 158 Å². The number of fused-ring (bicyclic) bond motifs is 1. The van der Waals surface area contributed by atoms with Gasteiger partial charge in [-0.2, -0.15) is 0 Å². The number of nitrogens with zero attached hydrogens (tertiary/aromatic N) is 2. The fourth-order valence-electron chi connectivity index (χ4n) is 2.79. The molecule has 0 saturated carbocycles. The molecule has 27 heavy (non-hydrogen) atoms. The normalized spacial score (nSPS) is 10.8. The van der Waals surface area contributed by atoms with Crippen molar-refractivity contribution in [2.75, 3.05) is 6.54 Å². The third-order valence-corrected chi connectivity index (χ3v) is 5.14. The number of nitrogens with one attached hydrogen (secondary N) is 2. The third kappa shape index (κ3) is 3.63. The number of hydrogen-bond donors (Lipinski definition) is 2. The molecule has 4 aromatic rings. The summed E-state index contributed by atoms with van der Waals surface area (Å²) >= 11 is 1.23.